The van der Waals surface area contributed by atoms with Crippen molar-refractivity contribution in [2.45, 2.75) is 12.1 Å². The fourth-order valence-electron chi connectivity index (χ4n) is 4.91. The van der Waals surface area contributed by atoms with Gasteiger partial charge in [0.25, 0.3) is 5.91 Å². The van der Waals surface area contributed by atoms with Crippen LogP contribution in [0.25, 0.3) is 10.8 Å². The summed E-state index contributed by atoms with van der Waals surface area (Å²) < 4.78 is 0. The van der Waals surface area contributed by atoms with E-state index in [2.05, 4.69) is 0 Å². The average Bonchev–Trinajstić information content (AvgIpc) is 3.35. The standard InChI is InChI=1S/C27H20N2O4/c30-22-16-7-6-14-20(22)24-23-25(33-29(24)18-11-2-1-3-12-18)27(32)28(26(23)31)21-15-8-10-17-9-4-5-13-19(17)21/h1-16,23-25,30H/t23-,24-,25+/m0/s1. The third-order valence-corrected chi connectivity index (χ3v) is 6.39. The molecule has 2 amide bonds. The van der Waals surface area contributed by atoms with E-state index in [1.54, 1.807) is 35.4 Å². The molecule has 0 spiro atoms. The first-order valence-corrected chi connectivity index (χ1v) is 10.8. The molecule has 0 radical (unpaired) electrons. The normalized spacial score (nSPS) is 22.2. The maximum Gasteiger partial charge on any atom is 0.266 e. The molecule has 1 N–H and O–H groups in total. The zero-order valence-electron chi connectivity index (χ0n) is 17.5. The van der Waals surface area contributed by atoms with E-state index < -0.39 is 24.0 Å². The highest BCUT2D eigenvalue weighted by atomic mass is 16.7. The lowest BCUT2D eigenvalue weighted by Crippen LogP contribution is -2.37. The van der Waals surface area contributed by atoms with Gasteiger partial charge in [0.1, 0.15) is 11.7 Å². The van der Waals surface area contributed by atoms with Gasteiger partial charge in [0.05, 0.1) is 17.4 Å². The molecule has 2 heterocycles. The molecular formula is C27H20N2O4. The first-order valence-electron chi connectivity index (χ1n) is 10.8. The van der Waals surface area contributed by atoms with E-state index in [0.29, 0.717) is 16.9 Å². The first-order chi connectivity index (χ1) is 16.1. The lowest BCUT2D eigenvalue weighted by Gasteiger charge is -2.29. The molecule has 2 aliphatic rings. The van der Waals surface area contributed by atoms with Gasteiger partial charge in [0.15, 0.2) is 6.10 Å². The van der Waals surface area contributed by atoms with Crippen molar-refractivity contribution in [1.82, 2.24) is 0 Å². The summed E-state index contributed by atoms with van der Waals surface area (Å²) in [4.78, 5) is 34.8. The molecule has 6 heteroatoms. The number of carbonyl (C=O) groups is 2. The molecule has 0 aromatic heterocycles. The van der Waals surface area contributed by atoms with Crippen LogP contribution in [-0.4, -0.2) is 23.0 Å². The van der Waals surface area contributed by atoms with Gasteiger partial charge in [-0.3, -0.25) is 14.4 Å². The summed E-state index contributed by atoms with van der Waals surface area (Å²) in [5.74, 6) is -1.49. The van der Waals surface area contributed by atoms with Gasteiger partial charge in [-0.25, -0.2) is 9.96 Å². The van der Waals surface area contributed by atoms with Crippen molar-refractivity contribution in [3.05, 3.63) is 103 Å². The molecule has 6 nitrogen and oxygen atoms in total. The Morgan fingerprint density at radius 2 is 1.42 bits per heavy atom. The van der Waals surface area contributed by atoms with Crippen LogP contribution in [0.15, 0.2) is 97.1 Å². The summed E-state index contributed by atoms with van der Waals surface area (Å²) in [6, 6.07) is 28.7. The number of hydroxylamine groups is 1. The van der Waals surface area contributed by atoms with E-state index >= 15 is 0 Å². The number of imide groups is 1. The lowest BCUT2D eigenvalue weighted by atomic mass is 9.90. The summed E-state index contributed by atoms with van der Waals surface area (Å²) in [6.07, 6.45) is -0.985. The third kappa shape index (κ3) is 2.92. The summed E-state index contributed by atoms with van der Waals surface area (Å²) in [5.41, 5.74) is 1.79. The largest absolute Gasteiger partial charge is 0.508 e. The number of phenolic OH excluding ortho intramolecular Hbond substituents is 1. The number of fused-ring (bicyclic) bond motifs is 2. The fourth-order valence-corrected chi connectivity index (χ4v) is 4.91. The molecule has 162 valence electrons. The molecule has 0 saturated carbocycles. The highest BCUT2D eigenvalue weighted by Crippen LogP contribution is 2.49. The zero-order chi connectivity index (χ0) is 22.5. The van der Waals surface area contributed by atoms with Gasteiger partial charge in [0.2, 0.25) is 5.91 Å². The van der Waals surface area contributed by atoms with Crippen molar-refractivity contribution in [3.8, 4) is 5.75 Å². The number of aromatic hydroxyl groups is 1. The Morgan fingerprint density at radius 1 is 0.727 bits per heavy atom. The van der Waals surface area contributed by atoms with Gasteiger partial charge < -0.3 is 5.11 Å². The quantitative estimate of drug-likeness (QED) is 0.476. The molecule has 3 atom stereocenters. The van der Waals surface area contributed by atoms with Crippen LogP contribution in [0, 0.1) is 5.92 Å². The number of anilines is 2. The number of rotatable bonds is 3. The van der Waals surface area contributed by atoms with Gasteiger partial charge >= 0.3 is 0 Å². The van der Waals surface area contributed by atoms with E-state index in [1.807, 2.05) is 66.7 Å². The number of hydrogen-bond acceptors (Lipinski definition) is 5. The minimum absolute atomic E-state index is 0.0524. The van der Waals surface area contributed by atoms with E-state index in [9.17, 15) is 14.7 Å². The van der Waals surface area contributed by atoms with Gasteiger partial charge in [-0.2, -0.15) is 0 Å². The molecule has 2 aliphatic heterocycles. The monoisotopic (exact) mass is 436 g/mol. The van der Waals surface area contributed by atoms with Crippen molar-refractivity contribution in [2.24, 2.45) is 5.92 Å². The van der Waals surface area contributed by atoms with Gasteiger partial charge in [-0.05, 0) is 29.7 Å². The molecule has 33 heavy (non-hydrogen) atoms. The Kier molecular flexibility index (Phi) is 4.41. The van der Waals surface area contributed by atoms with E-state index in [-0.39, 0.29) is 11.7 Å². The Balaban J connectivity index is 1.48. The van der Waals surface area contributed by atoms with Crippen molar-refractivity contribution < 1.29 is 19.5 Å². The summed E-state index contributed by atoms with van der Waals surface area (Å²) >= 11 is 0. The van der Waals surface area contributed by atoms with Crippen LogP contribution in [0.4, 0.5) is 11.4 Å². The molecule has 6 rings (SSSR count). The van der Waals surface area contributed by atoms with Crippen molar-refractivity contribution in [3.63, 3.8) is 0 Å². The second-order valence-electron chi connectivity index (χ2n) is 8.23. The number of phenols is 1. The van der Waals surface area contributed by atoms with Crippen LogP contribution in [0.5, 0.6) is 5.75 Å². The molecule has 0 aliphatic carbocycles. The van der Waals surface area contributed by atoms with Crippen molar-refractivity contribution in [1.29, 1.82) is 0 Å². The van der Waals surface area contributed by atoms with Crippen LogP contribution in [-0.2, 0) is 14.4 Å². The summed E-state index contributed by atoms with van der Waals surface area (Å²) in [7, 11) is 0. The first kappa shape index (κ1) is 19.5. The highest BCUT2D eigenvalue weighted by Gasteiger charge is 2.60. The Morgan fingerprint density at radius 3 is 2.24 bits per heavy atom. The average molecular weight is 436 g/mol. The van der Waals surface area contributed by atoms with Crippen LogP contribution < -0.4 is 9.96 Å². The number of benzene rings is 4. The van der Waals surface area contributed by atoms with Crippen molar-refractivity contribution in [2.75, 3.05) is 9.96 Å². The topological polar surface area (TPSA) is 70.1 Å². The number of nitrogens with zero attached hydrogens (tertiary/aromatic N) is 2. The summed E-state index contributed by atoms with van der Waals surface area (Å²) in [6.45, 7) is 0. The molecule has 2 saturated heterocycles. The molecule has 0 bridgehead atoms. The van der Waals surface area contributed by atoms with Crippen LogP contribution >= 0.6 is 0 Å². The lowest BCUT2D eigenvalue weighted by molar-refractivity contribution is -0.126. The third-order valence-electron chi connectivity index (χ3n) is 6.39. The second kappa shape index (κ2) is 7.46. The Bertz CT molecular complexity index is 1380. The SMILES string of the molecule is O=C1[C@@H]2[C@@H](ON(c3ccccc3)[C@H]2c2ccccc2O)C(=O)N1c1cccc2ccccc12. The molecule has 4 aromatic carbocycles. The van der Waals surface area contributed by atoms with Gasteiger partial charge in [0, 0.05) is 10.9 Å². The number of carbonyl (C=O) groups excluding carboxylic acids is 2. The Labute approximate surface area is 190 Å². The Hall–Kier alpha value is -4.16. The smallest absolute Gasteiger partial charge is 0.266 e. The molecule has 0 unspecified atom stereocenters. The predicted octanol–water partition coefficient (Wildman–Crippen LogP) is 4.60. The molecular weight excluding hydrogens is 416 g/mol. The van der Waals surface area contributed by atoms with E-state index in [4.69, 9.17) is 4.84 Å². The zero-order valence-corrected chi connectivity index (χ0v) is 17.5. The summed E-state index contributed by atoms with van der Waals surface area (Å²) in [5, 5.41) is 14.0. The maximum atomic E-state index is 13.8. The minimum Gasteiger partial charge on any atom is -0.508 e. The van der Waals surface area contributed by atoms with Gasteiger partial charge in [-0.1, -0.05) is 72.8 Å². The van der Waals surface area contributed by atoms with E-state index in [1.165, 1.54) is 4.90 Å². The van der Waals surface area contributed by atoms with Crippen LogP contribution in [0.3, 0.4) is 0 Å². The highest BCUT2D eigenvalue weighted by molar-refractivity contribution is 6.26. The molecule has 2 fully saturated rings. The number of amides is 2. The van der Waals surface area contributed by atoms with Crippen molar-refractivity contribution >= 4 is 34.0 Å². The number of hydrogen-bond donors (Lipinski definition) is 1. The predicted molar refractivity (Wildman–Crippen MR) is 125 cm³/mol. The van der Waals surface area contributed by atoms with E-state index in [0.717, 1.165) is 10.8 Å². The fraction of sp³-hybridized carbons (Fsp3) is 0.111. The maximum absolute atomic E-state index is 13.8. The van der Waals surface area contributed by atoms with Crippen LogP contribution in [0.1, 0.15) is 11.6 Å². The second-order valence-corrected chi connectivity index (χ2v) is 8.23. The van der Waals surface area contributed by atoms with Crippen LogP contribution in [0.2, 0.25) is 0 Å². The minimum atomic E-state index is -0.985. The molecule has 4 aromatic rings. The number of para-hydroxylation sites is 2. The van der Waals surface area contributed by atoms with Gasteiger partial charge in [-0.15, -0.1) is 0 Å².